The van der Waals surface area contributed by atoms with E-state index >= 15 is 0 Å². The van der Waals surface area contributed by atoms with Crippen LogP contribution in [0.3, 0.4) is 0 Å². The molecule has 144 valence electrons. The summed E-state index contributed by atoms with van der Waals surface area (Å²) in [4.78, 5) is 14.7. The molecule has 0 N–H and O–H groups in total. The number of rotatable bonds is 6. The summed E-state index contributed by atoms with van der Waals surface area (Å²) in [5, 5.41) is 0.592. The maximum absolute atomic E-state index is 13.0. The van der Waals surface area contributed by atoms with Crippen LogP contribution in [0.2, 0.25) is 5.02 Å². The maximum atomic E-state index is 13.0. The summed E-state index contributed by atoms with van der Waals surface area (Å²) in [5.41, 5.74) is 1.74. The first kappa shape index (κ1) is 19.7. The van der Waals surface area contributed by atoms with Gasteiger partial charge in [0.15, 0.2) is 9.84 Å². The highest BCUT2D eigenvalue weighted by Crippen LogP contribution is 2.23. The summed E-state index contributed by atoms with van der Waals surface area (Å²) >= 11 is 6.06. The average Bonchev–Trinajstić information content (AvgIpc) is 3.00. The molecule has 0 aliphatic carbocycles. The van der Waals surface area contributed by atoms with E-state index in [-0.39, 0.29) is 29.9 Å². The van der Waals surface area contributed by atoms with Gasteiger partial charge in [-0.3, -0.25) is 4.79 Å². The van der Waals surface area contributed by atoms with Crippen molar-refractivity contribution in [2.75, 3.05) is 18.6 Å². The Labute approximate surface area is 164 Å². The van der Waals surface area contributed by atoms with Crippen LogP contribution in [-0.4, -0.2) is 43.9 Å². The third-order valence-corrected chi connectivity index (χ3v) is 6.71. The van der Waals surface area contributed by atoms with Crippen LogP contribution in [0.1, 0.15) is 17.5 Å². The van der Waals surface area contributed by atoms with E-state index in [1.54, 1.807) is 24.1 Å². The number of sulfone groups is 1. The van der Waals surface area contributed by atoms with Gasteiger partial charge in [0.1, 0.15) is 5.75 Å². The predicted molar refractivity (Wildman–Crippen MR) is 106 cm³/mol. The molecule has 1 heterocycles. The summed E-state index contributed by atoms with van der Waals surface area (Å²) in [6.45, 7) is 0.343. The second-order valence-corrected chi connectivity index (χ2v) is 9.40. The molecule has 27 heavy (non-hydrogen) atoms. The van der Waals surface area contributed by atoms with Crippen LogP contribution in [-0.2, 0) is 27.6 Å². The Hall–Kier alpha value is -2.05. The Kier molecular flexibility index (Phi) is 6.07. The third kappa shape index (κ3) is 5.23. The molecule has 1 aliphatic rings. The fourth-order valence-corrected chi connectivity index (χ4v) is 5.24. The molecule has 1 unspecified atom stereocenters. The van der Waals surface area contributed by atoms with E-state index < -0.39 is 9.84 Å². The lowest BCUT2D eigenvalue weighted by Gasteiger charge is -2.28. The van der Waals surface area contributed by atoms with Crippen LogP contribution >= 0.6 is 11.6 Å². The Bertz CT molecular complexity index is 912. The minimum absolute atomic E-state index is 0.0158. The second kappa shape index (κ2) is 8.31. The zero-order valence-corrected chi connectivity index (χ0v) is 16.7. The van der Waals surface area contributed by atoms with Gasteiger partial charge in [-0.15, -0.1) is 0 Å². The van der Waals surface area contributed by atoms with E-state index in [1.165, 1.54) is 0 Å². The van der Waals surface area contributed by atoms with Crippen molar-refractivity contribution in [3.05, 3.63) is 64.7 Å². The highest BCUT2D eigenvalue weighted by Gasteiger charge is 2.34. The van der Waals surface area contributed by atoms with E-state index in [9.17, 15) is 13.2 Å². The quantitative estimate of drug-likeness (QED) is 0.738. The van der Waals surface area contributed by atoms with Crippen molar-refractivity contribution in [3.8, 4) is 5.75 Å². The van der Waals surface area contributed by atoms with Gasteiger partial charge in [0.25, 0.3) is 0 Å². The van der Waals surface area contributed by atoms with Crippen LogP contribution < -0.4 is 4.74 Å². The van der Waals surface area contributed by atoms with Gasteiger partial charge >= 0.3 is 0 Å². The smallest absolute Gasteiger partial charge is 0.227 e. The average molecular weight is 408 g/mol. The molecule has 0 spiro atoms. The minimum atomic E-state index is -3.09. The van der Waals surface area contributed by atoms with Crippen molar-refractivity contribution < 1.29 is 17.9 Å². The number of benzene rings is 2. The Morgan fingerprint density at radius 3 is 2.52 bits per heavy atom. The summed E-state index contributed by atoms with van der Waals surface area (Å²) in [5.74, 6) is 0.771. The van der Waals surface area contributed by atoms with Gasteiger partial charge in [-0.2, -0.15) is 0 Å². The van der Waals surface area contributed by atoms with E-state index in [0.29, 0.717) is 18.0 Å². The van der Waals surface area contributed by atoms with E-state index in [0.717, 1.165) is 16.9 Å². The molecule has 2 aromatic carbocycles. The molecule has 0 aromatic heterocycles. The molecule has 7 heteroatoms. The van der Waals surface area contributed by atoms with Gasteiger partial charge in [0, 0.05) is 17.6 Å². The van der Waals surface area contributed by atoms with Gasteiger partial charge in [-0.25, -0.2) is 8.42 Å². The lowest BCUT2D eigenvalue weighted by molar-refractivity contribution is -0.133. The summed E-state index contributed by atoms with van der Waals surface area (Å²) in [6.07, 6.45) is 0.679. The molecule has 5 nitrogen and oxygen atoms in total. The molecule has 1 atom stereocenters. The maximum Gasteiger partial charge on any atom is 0.227 e. The number of carbonyl (C=O) groups is 1. The molecule has 0 radical (unpaired) electrons. The Morgan fingerprint density at radius 1 is 1.19 bits per heavy atom. The lowest BCUT2D eigenvalue weighted by atomic mass is 10.1. The highest BCUT2D eigenvalue weighted by atomic mass is 35.5. The van der Waals surface area contributed by atoms with Crippen LogP contribution in [0.4, 0.5) is 0 Å². The molecule has 1 fully saturated rings. The van der Waals surface area contributed by atoms with Crippen LogP contribution in [0, 0.1) is 0 Å². The molecule has 2 aromatic rings. The number of halogens is 1. The standard InChI is InChI=1S/C20H22ClNO4S/c1-26-19-7-5-15(6-8-19)12-20(23)22(18-9-10-27(24,25)14-18)13-16-3-2-4-17(21)11-16/h2-8,11,18H,9-10,12-14H2,1H3. The van der Waals surface area contributed by atoms with Crippen molar-refractivity contribution in [3.63, 3.8) is 0 Å². The monoisotopic (exact) mass is 407 g/mol. The first-order valence-electron chi connectivity index (χ1n) is 8.73. The molecule has 0 bridgehead atoms. The SMILES string of the molecule is COc1ccc(CC(=O)N(Cc2cccc(Cl)c2)C2CCS(=O)(=O)C2)cc1. The summed E-state index contributed by atoms with van der Waals surface area (Å²) in [7, 11) is -1.50. The zero-order chi connectivity index (χ0) is 19.4. The Balaban J connectivity index is 1.80. The van der Waals surface area contributed by atoms with E-state index in [2.05, 4.69) is 0 Å². The largest absolute Gasteiger partial charge is 0.497 e. The predicted octanol–water partition coefficient (Wildman–Crippen LogP) is 3.11. The number of hydrogen-bond acceptors (Lipinski definition) is 4. The molecule has 1 aliphatic heterocycles. The van der Waals surface area contributed by atoms with Crippen molar-refractivity contribution in [2.24, 2.45) is 0 Å². The number of amides is 1. The molecule has 3 rings (SSSR count). The fourth-order valence-electron chi connectivity index (χ4n) is 3.29. The summed E-state index contributed by atoms with van der Waals surface area (Å²) < 4.78 is 29.0. The van der Waals surface area contributed by atoms with Crippen molar-refractivity contribution >= 4 is 27.3 Å². The van der Waals surface area contributed by atoms with E-state index in [1.807, 2.05) is 36.4 Å². The van der Waals surface area contributed by atoms with Crippen molar-refractivity contribution in [2.45, 2.75) is 25.4 Å². The van der Waals surface area contributed by atoms with E-state index in [4.69, 9.17) is 16.3 Å². The first-order valence-corrected chi connectivity index (χ1v) is 10.9. The summed E-state index contributed by atoms with van der Waals surface area (Å²) in [6, 6.07) is 14.3. The lowest BCUT2D eigenvalue weighted by Crippen LogP contribution is -2.41. The Morgan fingerprint density at radius 2 is 1.93 bits per heavy atom. The number of nitrogens with zero attached hydrogens (tertiary/aromatic N) is 1. The normalized spacial score (nSPS) is 18.2. The van der Waals surface area contributed by atoms with Gasteiger partial charge < -0.3 is 9.64 Å². The zero-order valence-electron chi connectivity index (χ0n) is 15.1. The van der Waals surface area contributed by atoms with Gasteiger partial charge in [0.05, 0.1) is 25.0 Å². The fraction of sp³-hybridized carbons (Fsp3) is 0.350. The van der Waals surface area contributed by atoms with Gasteiger partial charge in [-0.05, 0) is 41.8 Å². The van der Waals surface area contributed by atoms with Crippen LogP contribution in [0.5, 0.6) is 5.75 Å². The minimum Gasteiger partial charge on any atom is -0.497 e. The number of carbonyl (C=O) groups excluding carboxylic acids is 1. The number of hydrogen-bond donors (Lipinski definition) is 0. The molecule has 1 amide bonds. The molecular formula is C20H22ClNO4S. The molecule has 0 saturated carbocycles. The number of methoxy groups -OCH3 is 1. The van der Waals surface area contributed by atoms with Crippen LogP contribution in [0.15, 0.2) is 48.5 Å². The van der Waals surface area contributed by atoms with Gasteiger partial charge in [0.2, 0.25) is 5.91 Å². The first-order chi connectivity index (χ1) is 12.9. The van der Waals surface area contributed by atoms with Crippen molar-refractivity contribution in [1.29, 1.82) is 0 Å². The topological polar surface area (TPSA) is 63.7 Å². The molecular weight excluding hydrogens is 386 g/mol. The number of ether oxygens (including phenoxy) is 1. The second-order valence-electron chi connectivity index (χ2n) is 6.73. The highest BCUT2D eigenvalue weighted by molar-refractivity contribution is 7.91. The molecule has 1 saturated heterocycles. The van der Waals surface area contributed by atoms with Crippen molar-refractivity contribution in [1.82, 2.24) is 4.90 Å². The third-order valence-electron chi connectivity index (χ3n) is 4.73. The van der Waals surface area contributed by atoms with Gasteiger partial charge in [-0.1, -0.05) is 35.9 Å². The van der Waals surface area contributed by atoms with Crippen LogP contribution in [0.25, 0.3) is 0 Å².